The molecule has 0 bridgehead atoms. The predicted molar refractivity (Wildman–Crippen MR) is 88.2 cm³/mol. The molecular weight excluding hydrogens is 325 g/mol. The molecule has 2 rings (SSSR count). The van der Waals surface area contributed by atoms with Crippen molar-refractivity contribution in [3.05, 3.63) is 64.1 Å². The number of nitrogens with zero attached hydrogens (tertiary/aromatic N) is 1. The van der Waals surface area contributed by atoms with Crippen LogP contribution in [0.3, 0.4) is 0 Å². The fourth-order valence-electron chi connectivity index (χ4n) is 1.61. The largest absolute Gasteiger partial charge is 0.384 e. The quantitative estimate of drug-likeness (QED) is 0.499. The van der Waals surface area contributed by atoms with Gasteiger partial charge in [0.25, 0.3) is 5.91 Å². The second kappa shape index (κ2) is 7.68. The maximum atomic E-state index is 11.7. The fraction of sp³-hybridized carbons (Fsp3) is 0.0667. The highest BCUT2D eigenvalue weighted by Crippen LogP contribution is 2.20. The Kier molecular flexibility index (Phi) is 5.63. The zero-order valence-electron chi connectivity index (χ0n) is 11.4. The van der Waals surface area contributed by atoms with E-state index in [1.54, 1.807) is 48.5 Å². The van der Waals surface area contributed by atoms with Gasteiger partial charge in [-0.15, -0.1) is 0 Å². The number of rotatable bonds is 5. The van der Waals surface area contributed by atoms with Crippen molar-refractivity contribution < 1.29 is 9.63 Å². The fourth-order valence-corrected chi connectivity index (χ4v) is 1.98. The molecule has 0 spiro atoms. The van der Waals surface area contributed by atoms with Gasteiger partial charge in [-0.2, -0.15) is 0 Å². The first-order valence-electron chi connectivity index (χ1n) is 6.32. The molecule has 0 aliphatic rings. The molecule has 0 fully saturated rings. The van der Waals surface area contributed by atoms with Crippen molar-refractivity contribution in [3.8, 4) is 0 Å². The molecule has 0 unspecified atom stereocenters. The average molecular weight is 338 g/mol. The molecule has 7 heteroatoms. The summed E-state index contributed by atoms with van der Waals surface area (Å²) in [6, 6.07) is 13.7. The van der Waals surface area contributed by atoms with E-state index >= 15 is 0 Å². The minimum Gasteiger partial charge on any atom is -0.384 e. The van der Waals surface area contributed by atoms with Crippen LogP contribution in [0.15, 0.2) is 53.7 Å². The van der Waals surface area contributed by atoms with Crippen LogP contribution in [0.2, 0.25) is 10.0 Å². The second-order valence-corrected chi connectivity index (χ2v) is 5.13. The Hall–Kier alpha value is -2.24. The molecule has 22 heavy (non-hydrogen) atoms. The summed E-state index contributed by atoms with van der Waals surface area (Å²) >= 11 is 11.8. The number of para-hydroxylation sites is 1. The Morgan fingerprint density at radius 1 is 1.18 bits per heavy atom. The third kappa shape index (κ3) is 4.65. The van der Waals surface area contributed by atoms with Crippen LogP contribution in [0.5, 0.6) is 0 Å². The van der Waals surface area contributed by atoms with Gasteiger partial charge in [-0.25, -0.2) is 0 Å². The Bertz CT molecular complexity index is 705. The Morgan fingerprint density at radius 3 is 2.68 bits per heavy atom. The highest BCUT2D eigenvalue weighted by molar-refractivity contribution is 6.33. The van der Waals surface area contributed by atoms with Crippen molar-refractivity contribution in [2.24, 2.45) is 10.9 Å². The number of carbonyl (C=O) groups excluding carboxylic acids is 1. The van der Waals surface area contributed by atoms with E-state index in [4.69, 9.17) is 33.8 Å². The highest BCUT2D eigenvalue weighted by atomic mass is 35.5. The third-order valence-electron chi connectivity index (χ3n) is 2.63. The van der Waals surface area contributed by atoms with Gasteiger partial charge in [-0.05, 0) is 24.3 Å². The van der Waals surface area contributed by atoms with E-state index in [2.05, 4.69) is 10.5 Å². The molecule has 0 atom stereocenters. The van der Waals surface area contributed by atoms with E-state index in [-0.39, 0.29) is 12.4 Å². The predicted octanol–water partition coefficient (Wildman–Crippen LogP) is 3.27. The Balaban J connectivity index is 1.89. The lowest BCUT2D eigenvalue weighted by Crippen LogP contribution is -2.19. The number of nitrogens with one attached hydrogen (secondary N) is 1. The first-order chi connectivity index (χ1) is 10.6. The summed E-state index contributed by atoms with van der Waals surface area (Å²) in [5.41, 5.74) is 6.85. The van der Waals surface area contributed by atoms with Crippen molar-refractivity contribution in [1.29, 1.82) is 0 Å². The number of hydrogen-bond donors (Lipinski definition) is 2. The van der Waals surface area contributed by atoms with E-state index < -0.39 is 5.91 Å². The molecule has 1 amide bonds. The van der Waals surface area contributed by atoms with Crippen LogP contribution in [0.1, 0.15) is 5.56 Å². The van der Waals surface area contributed by atoms with Crippen molar-refractivity contribution in [2.75, 3.05) is 11.9 Å². The number of nitrogens with two attached hydrogens (primary N) is 1. The molecule has 0 aromatic heterocycles. The van der Waals surface area contributed by atoms with E-state index in [0.29, 0.717) is 21.3 Å². The van der Waals surface area contributed by atoms with Gasteiger partial charge in [0.1, 0.15) is 0 Å². The zero-order valence-corrected chi connectivity index (χ0v) is 12.9. The van der Waals surface area contributed by atoms with Crippen LogP contribution < -0.4 is 11.1 Å². The summed E-state index contributed by atoms with van der Waals surface area (Å²) in [5, 5.41) is 7.26. The van der Waals surface area contributed by atoms with Crippen LogP contribution in [-0.2, 0) is 9.63 Å². The van der Waals surface area contributed by atoms with Crippen LogP contribution in [0, 0.1) is 0 Å². The van der Waals surface area contributed by atoms with Crippen molar-refractivity contribution in [2.45, 2.75) is 0 Å². The number of amides is 1. The number of amidine groups is 1. The number of carbonyl (C=O) groups is 1. The van der Waals surface area contributed by atoms with Crippen molar-refractivity contribution >= 4 is 40.6 Å². The van der Waals surface area contributed by atoms with E-state index in [9.17, 15) is 4.79 Å². The molecule has 2 aromatic carbocycles. The first kappa shape index (κ1) is 16.1. The molecule has 0 aliphatic heterocycles. The summed E-state index contributed by atoms with van der Waals surface area (Å²) in [5.74, 6) is -0.260. The molecular formula is C15H13Cl2N3O2. The zero-order chi connectivity index (χ0) is 15.9. The standard InChI is InChI=1S/C15H13Cl2N3O2/c16-11-5-3-4-10(8-11)15(18)20-22-9-14(21)19-13-7-2-1-6-12(13)17/h1-8H,9H2,(H2,18,20)(H,19,21). The van der Waals surface area contributed by atoms with Gasteiger partial charge in [0.2, 0.25) is 0 Å². The lowest BCUT2D eigenvalue weighted by atomic mass is 10.2. The SMILES string of the molecule is N/C(=N\OCC(=O)Nc1ccccc1Cl)c1cccc(Cl)c1. The topological polar surface area (TPSA) is 76.7 Å². The molecule has 0 heterocycles. The minimum atomic E-state index is -0.393. The molecule has 0 radical (unpaired) electrons. The summed E-state index contributed by atoms with van der Waals surface area (Å²) in [4.78, 5) is 16.6. The number of benzene rings is 2. The number of hydrogen-bond acceptors (Lipinski definition) is 3. The first-order valence-corrected chi connectivity index (χ1v) is 7.07. The maximum absolute atomic E-state index is 11.7. The third-order valence-corrected chi connectivity index (χ3v) is 3.19. The second-order valence-electron chi connectivity index (χ2n) is 4.29. The molecule has 3 N–H and O–H groups in total. The Morgan fingerprint density at radius 2 is 1.95 bits per heavy atom. The smallest absolute Gasteiger partial charge is 0.265 e. The van der Waals surface area contributed by atoms with Crippen LogP contribution in [0.25, 0.3) is 0 Å². The van der Waals surface area contributed by atoms with Crippen LogP contribution in [-0.4, -0.2) is 18.3 Å². The van der Waals surface area contributed by atoms with Crippen LogP contribution in [0.4, 0.5) is 5.69 Å². The van der Waals surface area contributed by atoms with Crippen molar-refractivity contribution in [3.63, 3.8) is 0 Å². The van der Waals surface area contributed by atoms with Gasteiger partial charge in [-0.3, -0.25) is 4.79 Å². The molecule has 0 saturated carbocycles. The highest BCUT2D eigenvalue weighted by Gasteiger charge is 2.06. The van der Waals surface area contributed by atoms with Gasteiger partial charge in [0, 0.05) is 10.6 Å². The van der Waals surface area contributed by atoms with E-state index in [1.165, 1.54) is 0 Å². The lowest BCUT2D eigenvalue weighted by molar-refractivity contribution is -0.120. The number of oxime groups is 1. The normalized spacial score (nSPS) is 11.1. The van der Waals surface area contributed by atoms with Gasteiger partial charge in [0.15, 0.2) is 12.4 Å². The molecule has 2 aromatic rings. The monoisotopic (exact) mass is 337 g/mol. The maximum Gasteiger partial charge on any atom is 0.265 e. The molecule has 5 nitrogen and oxygen atoms in total. The number of anilines is 1. The Labute approximate surface area is 137 Å². The summed E-state index contributed by atoms with van der Waals surface area (Å²) in [6.45, 7) is -0.285. The summed E-state index contributed by atoms with van der Waals surface area (Å²) in [6.07, 6.45) is 0. The van der Waals surface area contributed by atoms with Gasteiger partial charge in [-0.1, -0.05) is 52.6 Å². The van der Waals surface area contributed by atoms with Crippen LogP contribution >= 0.6 is 23.2 Å². The molecule has 0 saturated heterocycles. The van der Waals surface area contributed by atoms with E-state index in [1.807, 2.05) is 0 Å². The van der Waals surface area contributed by atoms with E-state index in [0.717, 1.165) is 0 Å². The van der Waals surface area contributed by atoms with Gasteiger partial charge >= 0.3 is 0 Å². The summed E-state index contributed by atoms with van der Waals surface area (Å²) in [7, 11) is 0. The van der Waals surface area contributed by atoms with Gasteiger partial charge in [0.05, 0.1) is 10.7 Å². The molecule has 0 aliphatic carbocycles. The van der Waals surface area contributed by atoms with Gasteiger partial charge < -0.3 is 15.9 Å². The minimum absolute atomic E-state index is 0.132. The lowest BCUT2D eigenvalue weighted by Gasteiger charge is -2.06. The average Bonchev–Trinajstić information content (AvgIpc) is 2.49. The molecule has 114 valence electrons. The number of halogens is 2. The van der Waals surface area contributed by atoms with Crippen molar-refractivity contribution in [1.82, 2.24) is 0 Å². The summed E-state index contributed by atoms with van der Waals surface area (Å²) < 4.78 is 0.